The van der Waals surface area contributed by atoms with Crippen molar-refractivity contribution < 1.29 is 9.18 Å². The van der Waals surface area contributed by atoms with Gasteiger partial charge < -0.3 is 10.6 Å². The van der Waals surface area contributed by atoms with Crippen LogP contribution < -0.4 is 10.6 Å². The second kappa shape index (κ2) is 8.66. The minimum Gasteiger partial charge on any atom is -0.354 e. The molecule has 0 aliphatic heterocycles. The largest absolute Gasteiger partial charge is 0.354 e. The number of anilines is 1. The smallest absolute Gasteiger partial charge is 0.254 e. The summed E-state index contributed by atoms with van der Waals surface area (Å²) < 4.78 is 12.9. The molecule has 26 heavy (non-hydrogen) atoms. The average molecular weight is 351 g/mol. The van der Waals surface area contributed by atoms with Gasteiger partial charge in [0, 0.05) is 25.1 Å². The van der Waals surface area contributed by atoms with Crippen LogP contribution in [0.3, 0.4) is 0 Å². The molecule has 0 saturated carbocycles. The molecule has 2 N–H and O–H groups in total. The van der Waals surface area contributed by atoms with Crippen LogP contribution in [-0.2, 0) is 13.0 Å². The second-order valence-corrected chi connectivity index (χ2v) is 5.60. The zero-order chi connectivity index (χ0) is 18.2. The van der Waals surface area contributed by atoms with Gasteiger partial charge in [-0.2, -0.15) is 0 Å². The third kappa shape index (κ3) is 5.07. The number of pyridine rings is 1. The van der Waals surface area contributed by atoms with Gasteiger partial charge in [-0.25, -0.2) is 14.4 Å². The topological polar surface area (TPSA) is 79.8 Å². The highest BCUT2D eigenvalue weighted by Crippen LogP contribution is 2.05. The lowest BCUT2D eigenvalue weighted by Gasteiger charge is -2.07. The molecule has 0 fully saturated rings. The number of carbonyl (C=O) groups is 1. The van der Waals surface area contributed by atoms with Gasteiger partial charge in [0.2, 0.25) is 5.95 Å². The standard InChI is InChI=1S/C19H18FN5O/c20-16-6-4-14(5-7-16)8-10-22-19-24-11-15(12-25-19)18(26)23-13-17-3-1-2-9-21-17/h1-7,9,11-12H,8,10,13H2,(H,23,26)(H,22,24,25). The van der Waals surface area contributed by atoms with Gasteiger partial charge in [0.25, 0.3) is 5.91 Å². The van der Waals surface area contributed by atoms with E-state index in [0.717, 1.165) is 17.7 Å². The van der Waals surface area contributed by atoms with Gasteiger partial charge in [-0.15, -0.1) is 0 Å². The lowest BCUT2D eigenvalue weighted by atomic mass is 10.1. The molecule has 2 heterocycles. The lowest BCUT2D eigenvalue weighted by Crippen LogP contribution is -2.23. The predicted octanol–water partition coefficient (Wildman–Crippen LogP) is 2.60. The highest BCUT2D eigenvalue weighted by Gasteiger charge is 2.07. The Morgan fingerprint density at radius 2 is 1.77 bits per heavy atom. The number of rotatable bonds is 7. The van der Waals surface area contributed by atoms with Crippen molar-refractivity contribution in [2.75, 3.05) is 11.9 Å². The number of carbonyl (C=O) groups excluding carboxylic acids is 1. The molecule has 3 aromatic rings. The molecule has 0 saturated heterocycles. The van der Waals surface area contributed by atoms with E-state index in [-0.39, 0.29) is 11.7 Å². The molecular weight excluding hydrogens is 333 g/mol. The Balaban J connectivity index is 1.46. The van der Waals surface area contributed by atoms with Crippen LogP contribution in [0.5, 0.6) is 0 Å². The highest BCUT2D eigenvalue weighted by molar-refractivity contribution is 5.93. The van der Waals surface area contributed by atoms with Gasteiger partial charge in [0.1, 0.15) is 5.82 Å². The van der Waals surface area contributed by atoms with E-state index in [9.17, 15) is 9.18 Å². The summed E-state index contributed by atoms with van der Waals surface area (Å²) in [5.74, 6) is -0.0659. The summed E-state index contributed by atoms with van der Waals surface area (Å²) >= 11 is 0. The molecule has 2 aromatic heterocycles. The van der Waals surface area contributed by atoms with Crippen LogP contribution in [0.4, 0.5) is 10.3 Å². The van der Waals surface area contributed by atoms with E-state index >= 15 is 0 Å². The average Bonchev–Trinajstić information content (AvgIpc) is 2.69. The van der Waals surface area contributed by atoms with E-state index in [1.54, 1.807) is 18.3 Å². The van der Waals surface area contributed by atoms with Crippen LogP contribution in [0.25, 0.3) is 0 Å². The van der Waals surface area contributed by atoms with Crippen LogP contribution in [0.2, 0.25) is 0 Å². The summed E-state index contributed by atoms with van der Waals surface area (Å²) in [5.41, 5.74) is 2.18. The van der Waals surface area contributed by atoms with Gasteiger partial charge in [-0.05, 0) is 36.2 Å². The minimum absolute atomic E-state index is 0.248. The Kier molecular flexibility index (Phi) is 5.82. The van der Waals surface area contributed by atoms with Crippen molar-refractivity contribution in [3.8, 4) is 0 Å². The fraction of sp³-hybridized carbons (Fsp3) is 0.158. The first-order valence-corrected chi connectivity index (χ1v) is 8.19. The summed E-state index contributed by atoms with van der Waals surface area (Å²) in [7, 11) is 0. The summed E-state index contributed by atoms with van der Waals surface area (Å²) in [6, 6.07) is 11.9. The molecule has 6 nitrogen and oxygen atoms in total. The molecule has 7 heteroatoms. The number of nitrogens with one attached hydrogen (secondary N) is 2. The van der Waals surface area contributed by atoms with E-state index in [4.69, 9.17) is 0 Å². The second-order valence-electron chi connectivity index (χ2n) is 5.60. The molecule has 0 aliphatic rings. The fourth-order valence-corrected chi connectivity index (χ4v) is 2.28. The van der Waals surface area contributed by atoms with Gasteiger partial charge in [-0.1, -0.05) is 18.2 Å². The van der Waals surface area contributed by atoms with Crippen molar-refractivity contribution >= 4 is 11.9 Å². The van der Waals surface area contributed by atoms with Crippen LogP contribution in [0, 0.1) is 5.82 Å². The van der Waals surface area contributed by atoms with Crippen molar-refractivity contribution in [1.82, 2.24) is 20.3 Å². The number of benzene rings is 1. The Hall–Kier alpha value is -3.35. The maximum absolute atomic E-state index is 12.9. The van der Waals surface area contributed by atoms with Crippen LogP contribution in [0.1, 0.15) is 21.6 Å². The van der Waals surface area contributed by atoms with Crippen molar-refractivity contribution in [3.63, 3.8) is 0 Å². The number of amides is 1. The highest BCUT2D eigenvalue weighted by atomic mass is 19.1. The molecule has 0 bridgehead atoms. The zero-order valence-corrected chi connectivity index (χ0v) is 14.0. The van der Waals surface area contributed by atoms with Gasteiger partial charge in [0.15, 0.2) is 0 Å². The Morgan fingerprint density at radius 1 is 1.00 bits per heavy atom. The van der Waals surface area contributed by atoms with Crippen LogP contribution in [0.15, 0.2) is 61.1 Å². The zero-order valence-electron chi connectivity index (χ0n) is 14.0. The van der Waals surface area contributed by atoms with Gasteiger partial charge >= 0.3 is 0 Å². The van der Waals surface area contributed by atoms with Gasteiger partial charge in [0.05, 0.1) is 17.8 Å². The summed E-state index contributed by atoms with van der Waals surface area (Å²) in [6.07, 6.45) is 5.34. The molecule has 0 spiro atoms. The van der Waals surface area contributed by atoms with E-state index in [1.165, 1.54) is 24.5 Å². The lowest BCUT2D eigenvalue weighted by molar-refractivity contribution is 0.0949. The SMILES string of the molecule is O=C(NCc1ccccn1)c1cnc(NCCc2ccc(F)cc2)nc1. The quantitative estimate of drug-likeness (QED) is 0.684. The summed E-state index contributed by atoms with van der Waals surface area (Å²) in [5, 5.41) is 5.85. The van der Waals surface area contributed by atoms with Crippen molar-refractivity contribution in [2.45, 2.75) is 13.0 Å². The Bertz CT molecular complexity index is 838. The third-order valence-corrected chi connectivity index (χ3v) is 3.68. The fourth-order valence-electron chi connectivity index (χ4n) is 2.28. The number of hydrogen-bond donors (Lipinski definition) is 2. The maximum atomic E-state index is 12.9. The molecule has 1 aromatic carbocycles. The molecule has 0 aliphatic carbocycles. The maximum Gasteiger partial charge on any atom is 0.254 e. The first-order valence-electron chi connectivity index (χ1n) is 8.19. The normalized spacial score (nSPS) is 10.3. The molecule has 3 rings (SSSR count). The van der Waals surface area contributed by atoms with Crippen molar-refractivity contribution in [2.24, 2.45) is 0 Å². The molecule has 1 amide bonds. The number of hydrogen-bond acceptors (Lipinski definition) is 5. The molecule has 0 unspecified atom stereocenters. The summed E-state index contributed by atoms with van der Waals surface area (Å²) in [6.45, 7) is 0.953. The summed E-state index contributed by atoms with van der Waals surface area (Å²) in [4.78, 5) is 24.5. The van der Waals surface area contributed by atoms with Crippen molar-refractivity contribution in [1.29, 1.82) is 0 Å². The van der Waals surface area contributed by atoms with Crippen LogP contribution >= 0.6 is 0 Å². The minimum atomic E-state index is -0.256. The van der Waals surface area contributed by atoms with E-state index < -0.39 is 0 Å². The predicted molar refractivity (Wildman–Crippen MR) is 96.0 cm³/mol. The molecule has 132 valence electrons. The van der Waals surface area contributed by atoms with E-state index in [0.29, 0.717) is 24.6 Å². The van der Waals surface area contributed by atoms with E-state index in [2.05, 4.69) is 25.6 Å². The first-order chi connectivity index (χ1) is 12.7. The van der Waals surface area contributed by atoms with Crippen molar-refractivity contribution in [3.05, 3.63) is 83.7 Å². The third-order valence-electron chi connectivity index (χ3n) is 3.68. The monoisotopic (exact) mass is 351 g/mol. The number of aromatic nitrogens is 3. The Morgan fingerprint density at radius 3 is 2.46 bits per heavy atom. The molecular formula is C19H18FN5O. The number of nitrogens with zero attached hydrogens (tertiary/aromatic N) is 3. The van der Waals surface area contributed by atoms with Crippen LogP contribution in [-0.4, -0.2) is 27.4 Å². The molecule has 0 atom stereocenters. The van der Waals surface area contributed by atoms with Gasteiger partial charge in [-0.3, -0.25) is 9.78 Å². The first kappa shape index (κ1) is 17.5. The van der Waals surface area contributed by atoms with E-state index in [1.807, 2.05) is 18.2 Å². The Labute approximate surface area is 150 Å². The molecule has 0 radical (unpaired) electrons. The number of halogens is 1.